The van der Waals surface area contributed by atoms with Gasteiger partial charge in [0.05, 0.1) is 20.8 Å². The van der Waals surface area contributed by atoms with Crippen LogP contribution in [0, 0.1) is 6.92 Å². The molecule has 0 radical (unpaired) electrons. The number of hydrogen-bond acceptors (Lipinski definition) is 3. The number of nitrogens with one attached hydrogen (secondary N) is 1. The fourth-order valence-corrected chi connectivity index (χ4v) is 5.30. The molecule has 0 saturated heterocycles. The summed E-state index contributed by atoms with van der Waals surface area (Å²) in [6.07, 6.45) is 0. The number of hydrogen-bond donors (Lipinski definition) is 1. The second-order valence-electron chi connectivity index (χ2n) is 6.92. The van der Waals surface area contributed by atoms with E-state index in [-0.39, 0.29) is 31.4 Å². The Hall–Kier alpha value is -2.44. The third-order valence-corrected chi connectivity index (χ3v) is 6.99. The topological polar surface area (TPSA) is 55.4 Å². The van der Waals surface area contributed by atoms with Gasteiger partial charge in [-0.05, 0) is 59.7 Å². The van der Waals surface area contributed by atoms with Gasteiger partial charge >= 0.3 is 0 Å². The summed E-state index contributed by atoms with van der Waals surface area (Å²) in [7, 11) is -3.93. The maximum atomic E-state index is 12.7. The van der Waals surface area contributed by atoms with Crippen molar-refractivity contribution >= 4 is 61.3 Å². The molecule has 158 valence electrons. The molecule has 4 aromatic carbocycles. The molecule has 1 N–H and O–H groups in total. The number of sulfonamides is 1. The molecule has 0 aliphatic rings. The predicted molar refractivity (Wildman–Crippen MR) is 127 cm³/mol. The summed E-state index contributed by atoms with van der Waals surface area (Å²) in [5.74, 6) is 0.789. The van der Waals surface area contributed by atoms with Crippen LogP contribution in [-0.2, 0) is 10.0 Å². The van der Waals surface area contributed by atoms with Crippen LogP contribution in [0.3, 0.4) is 0 Å². The van der Waals surface area contributed by atoms with Gasteiger partial charge in [0.25, 0.3) is 10.0 Å². The molecule has 0 aliphatic carbocycles. The summed E-state index contributed by atoms with van der Waals surface area (Å²) < 4.78 is 33.8. The van der Waals surface area contributed by atoms with Gasteiger partial charge in [-0.1, -0.05) is 71.2 Å². The van der Waals surface area contributed by atoms with Crippen molar-refractivity contribution < 1.29 is 13.2 Å². The molecule has 0 aliphatic heterocycles. The molecule has 0 fully saturated rings. The Balaban J connectivity index is 1.62. The normalized spacial score (nSPS) is 11.5. The number of aryl methyl sites for hydroxylation is 1. The molecular formula is C23H16Cl3NO3S. The highest BCUT2D eigenvalue weighted by Crippen LogP contribution is 2.40. The highest BCUT2D eigenvalue weighted by Gasteiger charge is 2.20. The third kappa shape index (κ3) is 4.75. The Kier molecular flexibility index (Phi) is 6.04. The van der Waals surface area contributed by atoms with Gasteiger partial charge in [0, 0.05) is 0 Å². The first-order chi connectivity index (χ1) is 14.7. The Morgan fingerprint density at radius 1 is 0.774 bits per heavy atom. The van der Waals surface area contributed by atoms with Gasteiger partial charge in [-0.25, -0.2) is 8.42 Å². The van der Waals surface area contributed by atoms with Gasteiger partial charge in [-0.3, -0.25) is 4.72 Å². The summed E-state index contributed by atoms with van der Waals surface area (Å²) in [5, 5.41) is 2.53. The lowest BCUT2D eigenvalue weighted by Crippen LogP contribution is -2.13. The minimum atomic E-state index is -3.93. The molecule has 4 nitrogen and oxygen atoms in total. The lowest BCUT2D eigenvalue weighted by Gasteiger charge is -2.14. The molecule has 8 heteroatoms. The summed E-state index contributed by atoms with van der Waals surface area (Å²) >= 11 is 18.8. The monoisotopic (exact) mass is 491 g/mol. The van der Waals surface area contributed by atoms with Gasteiger partial charge in [-0.2, -0.15) is 0 Å². The van der Waals surface area contributed by atoms with Crippen molar-refractivity contribution in [3.8, 4) is 11.5 Å². The van der Waals surface area contributed by atoms with Gasteiger partial charge in [-0.15, -0.1) is 0 Å². The van der Waals surface area contributed by atoms with E-state index >= 15 is 0 Å². The largest absolute Gasteiger partial charge is 0.454 e. The third-order valence-electron chi connectivity index (χ3n) is 4.57. The first-order valence-electron chi connectivity index (χ1n) is 9.17. The smallest absolute Gasteiger partial charge is 0.263 e. The van der Waals surface area contributed by atoms with E-state index in [4.69, 9.17) is 39.5 Å². The standard InChI is InChI=1S/C23H16Cl3NO3S/c1-14-6-9-22(19(24)10-14)31(28,29)27-17-12-20(25)23(21(26)13-17)30-18-8-7-15-4-2-3-5-16(15)11-18/h2-13,27H,1H3. The Morgan fingerprint density at radius 2 is 1.45 bits per heavy atom. The maximum absolute atomic E-state index is 12.7. The highest BCUT2D eigenvalue weighted by molar-refractivity contribution is 7.92. The number of ether oxygens (including phenoxy) is 1. The molecule has 0 amide bonds. The molecule has 0 heterocycles. The van der Waals surface area contributed by atoms with Crippen LogP contribution < -0.4 is 9.46 Å². The molecule has 0 bridgehead atoms. The van der Waals surface area contributed by atoms with Crippen LogP contribution in [-0.4, -0.2) is 8.42 Å². The molecule has 4 rings (SSSR count). The van der Waals surface area contributed by atoms with Crippen LogP contribution in [0.15, 0.2) is 77.7 Å². The van der Waals surface area contributed by atoms with E-state index in [1.807, 2.05) is 49.4 Å². The molecule has 0 aromatic heterocycles. The average molecular weight is 493 g/mol. The van der Waals surface area contributed by atoms with Gasteiger partial charge in [0.15, 0.2) is 5.75 Å². The first kappa shape index (κ1) is 21.8. The lowest BCUT2D eigenvalue weighted by molar-refractivity contribution is 0.484. The number of anilines is 1. The van der Waals surface area contributed by atoms with Gasteiger partial charge in [0.2, 0.25) is 0 Å². The summed E-state index contributed by atoms with van der Waals surface area (Å²) in [6.45, 7) is 1.82. The average Bonchev–Trinajstić information content (AvgIpc) is 2.70. The van der Waals surface area contributed by atoms with E-state index < -0.39 is 10.0 Å². The van der Waals surface area contributed by atoms with E-state index in [1.165, 1.54) is 18.2 Å². The number of fused-ring (bicyclic) bond motifs is 1. The summed E-state index contributed by atoms with van der Waals surface area (Å²) in [4.78, 5) is -0.0384. The van der Waals surface area contributed by atoms with Crippen LogP contribution in [0.1, 0.15) is 5.56 Å². The first-order valence-corrected chi connectivity index (χ1v) is 11.8. The van der Waals surface area contributed by atoms with Crippen LogP contribution >= 0.6 is 34.8 Å². The number of halogens is 3. The van der Waals surface area contributed by atoms with Crippen LogP contribution in [0.4, 0.5) is 5.69 Å². The van der Waals surface area contributed by atoms with Crippen molar-refractivity contribution in [3.63, 3.8) is 0 Å². The molecule has 0 saturated carbocycles. The van der Waals surface area contributed by atoms with Crippen molar-refractivity contribution in [1.29, 1.82) is 0 Å². The molecular weight excluding hydrogens is 477 g/mol. The van der Waals surface area contributed by atoms with E-state index in [2.05, 4.69) is 4.72 Å². The SMILES string of the molecule is Cc1ccc(S(=O)(=O)Nc2cc(Cl)c(Oc3ccc4ccccc4c3)c(Cl)c2)c(Cl)c1. The van der Waals surface area contributed by atoms with Crippen LogP contribution in [0.2, 0.25) is 15.1 Å². The summed E-state index contributed by atoms with van der Waals surface area (Å²) in [5.41, 5.74) is 1.04. The number of benzene rings is 4. The van der Waals surface area contributed by atoms with Crippen molar-refractivity contribution in [3.05, 3.63) is 93.4 Å². The second kappa shape index (κ2) is 8.60. The van der Waals surface area contributed by atoms with E-state index in [1.54, 1.807) is 12.1 Å². The molecule has 31 heavy (non-hydrogen) atoms. The molecule has 0 spiro atoms. The molecule has 0 atom stereocenters. The van der Waals surface area contributed by atoms with Crippen molar-refractivity contribution in [2.75, 3.05) is 4.72 Å². The Bertz CT molecular complexity index is 1380. The number of rotatable bonds is 5. The van der Waals surface area contributed by atoms with Crippen molar-refractivity contribution in [2.45, 2.75) is 11.8 Å². The van der Waals surface area contributed by atoms with E-state index in [0.717, 1.165) is 16.3 Å². The van der Waals surface area contributed by atoms with Gasteiger partial charge in [0.1, 0.15) is 10.6 Å². The van der Waals surface area contributed by atoms with E-state index in [0.29, 0.717) is 5.75 Å². The Morgan fingerprint density at radius 3 is 2.13 bits per heavy atom. The summed E-state index contributed by atoms with van der Waals surface area (Å²) in [6, 6.07) is 21.0. The predicted octanol–water partition coefficient (Wildman–Crippen LogP) is 7.70. The van der Waals surface area contributed by atoms with Crippen LogP contribution in [0.5, 0.6) is 11.5 Å². The fraction of sp³-hybridized carbons (Fsp3) is 0.0435. The maximum Gasteiger partial charge on any atom is 0.263 e. The minimum Gasteiger partial charge on any atom is -0.454 e. The van der Waals surface area contributed by atoms with E-state index in [9.17, 15) is 8.42 Å². The van der Waals surface area contributed by atoms with Gasteiger partial charge < -0.3 is 4.74 Å². The molecule has 4 aromatic rings. The minimum absolute atomic E-state index is 0.0384. The quantitative estimate of drug-likeness (QED) is 0.310. The molecule has 0 unspecified atom stereocenters. The zero-order valence-corrected chi connectivity index (χ0v) is 19.3. The lowest BCUT2D eigenvalue weighted by atomic mass is 10.1. The fourth-order valence-electron chi connectivity index (χ4n) is 3.10. The zero-order valence-electron chi connectivity index (χ0n) is 16.2. The zero-order chi connectivity index (χ0) is 22.2. The Labute approximate surface area is 195 Å². The van der Waals surface area contributed by atoms with Crippen molar-refractivity contribution in [1.82, 2.24) is 0 Å². The van der Waals surface area contributed by atoms with Crippen LogP contribution in [0.25, 0.3) is 10.8 Å². The second-order valence-corrected chi connectivity index (χ2v) is 9.79. The van der Waals surface area contributed by atoms with Crippen molar-refractivity contribution in [2.24, 2.45) is 0 Å². The highest BCUT2D eigenvalue weighted by atomic mass is 35.5.